The lowest BCUT2D eigenvalue weighted by atomic mass is 10.0. The maximum absolute atomic E-state index is 2.38. The first-order chi connectivity index (χ1) is 41.7. The summed E-state index contributed by atoms with van der Waals surface area (Å²) in [5, 5.41) is 4.74. The summed E-state index contributed by atoms with van der Waals surface area (Å²) in [4.78, 5) is 9.42. The second-order valence-corrected chi connectivity index (χ2v) is 21.0. The SMILES string of the molecule is c1ccc(-c2ccc(N(c3ccccc3)c3ccc(N(c4ccc(-c5ccc(N(c6ccc(N(c7ccccc7)c7ccc(-c8ccccc8)cc7)cc6)c6cccc7ccccc67)cc5)cc4)c4cccc5ccccc45)cc3)cc2)cc1. The molecule has 0 saturated carbocycles. The first kappa shape index (κ1) is 51.0. The Labute approximate surface area is 491 Å². The van der Waals surface area contributed by atoms with Gasteiger partial charge in [-0.15, -0.1) is 0 Å². The van der Waals surface area contributed by atoms with Crippen molar-refractivity contribution in [1.82, 2.24) is 0 Å². The molecule has 398 valence electrons. The molecule has 0 atom stereocenters. The molecule has 4 heteroatoms. The molecule has 0 aliphatic rings. The number of anilines is 12. The monoisotopic (exact) mass is 1070 g/mol. The normalized spacial score (nSPS) is 11.1. The zero-order valence-electron chi connectivity index (χ0n) is 46.3. The molecule has 14 aromatic rings. The highest BCUT2D eigenvalue weighted by Crippen LogP contribution is 2.45. The van der Waals surface area contributed by atoms with E-state index in [1.54, 1.807) is 0 Å². The molecule has 14 aromatic carbocycles. The van der Waals surface area contributed by atoms with E-state index in [-0.39, 0.29) is 0 Å². The Morgan fingerprint density at radius 1 is 0.131 bits per heavy atom. The summed E-state index contributed by atoms with van der Waals surface area (Å²) < 4.78 is 0. The average molecular weight is 1080 g/mol. The second kappa shape index (κ2) is 23.1. The minimum Gasteiger partial charge on any atom is -0.311 e. The van der Waals surface area contributed by atoms with Crippen LogP contribution in [0.3, 0.4) is 0 Å². The molecule has 84 heavy (non-hydrogen) atoms. The first-order valence-corrected chi connectivity index (χ1v) is 28.6. The highest BCUT2D eigenvalue weighted by atomic mass is 15.2. The van der Waals surface area contributed by atoms with E-state index < -0.39 is 0 Å². The quantitative estimate of drug-likeness (QED) is 0.101. The van der Waals surface area contributed by atoms with Crippen LogP contribution < -0.4 is 19.6 Å². The molecule has 0 aliphatic carbocycles. The fraction of sp³-hybridized carbons (Fsp3) is 0. The Balaban J connectivity index is 0.789. The van der Waals surface area contributed by atoms with E-state index in [2.05, 4.69) is 371 Å². The lowest BCUT2D eigenvalue weighted by molar-refractivity contribution is 1.26. The number of benzene rings is 14. The Morgan fingerprint density at radius 2 is 0.333 bits per heavy atom. The molecule has 0 aliphatic heterocycles. The van der Waals surface area contributed by atoms with Crippen molar-refractivity contribution in [3.05, 3.63) is 352 Å². The van der Waals surface area contributed by atoms with Crippen molar-refractivity contribution >= 4 is 89.8 Å². The fourth-order valence-electron chi connectivity index (χ4n) is 11.7. The molecular formula is C80H58N4. The minimum atomic E-state index is 1.06. The van der Waals surface area contributed by atoms with E-state index in [4.69, 9.17) is 0 Å². The molecule has 0 spiro atoms. The van der Waals surface area contributed by atoms with Gasteiger partial charge in [0.15, 0.2) is 0 Å². The molecule has 14 rings (SSSR count). The van der Waals surface area contributed by atoms with Crippen molar-refractivity contribution in [1.29, 1.82) is 0 Å². The van der Waals surface area contributed by atoms with Gasteiger partial charge in [-0.05, 0) is 178 Å². The van der Waals surface area contributed by atoms with Gasteiger partial charge >= 0.3 is 0 Å². The summed E-state index contributed by atoms with van der Waals surface area (Å²) in [6.45, 7) is 0. The van der Waals surface area contributed by atoms with Gasteiger partial charge in [0, 0.05) is 67.6 Å². The fourth-order valence-corrected chi connectivity index (χ4v) is 11.7. The van der Waals surface area contributed by atoms with Gasteiger partial charge in [-0.1, -0.05) is 218 Å². The van der Waals surface area contributed by atoms with Crippen molar-refractivity contribution in [2.75, 3.05) is 19.6 Å². The molecule has 4 nitrogen and oxygen atoms in total. The van der Waals surface area contributed by atoms with Gasteiger partial charge in [-0.3, -0.25) is 0 Å². The van der Waals surface area contributed by atoms with Gasteiger partial charge in [0.2, 0.25) is 0 Å². The van der Waals surface area contributed by atoms with Crippen LogP contribution in [-0.4, -0.2) is 0 Å². The molecule has 0 unspecified atom stereocenters. The van der Waals surface area contributed by atoms with Crippen molar-refractivity contribution in [2.24, 2.45) is 0 Å². The van der Waals surface area contributed by atoms with Crippen LogP contribution in [0.25, 0.3) is 54.9 Å². The predicted octanol–water partition coefficient (Wildman–Crippen LogP) is 22.9. The topological polar surface area (TPSA) is 13.0 Å². The van der Waals surface area contributed by atoms with E-state index in [1.165, 1.54) is 43.8 Å². The van der Waals surface area contributed by atoms with Gasteiger partial charge in [-0.25, -0.2) is 0 Å². The summed E-state index contributed by atoms with van der Waals surface area (Å²) in [6, 6.07) is 126. The summed E-state index contributed by atoms with van der Waals surface area (Å²) in [6.07, 6.45) is 0. The van der Waals surface area contributed by atoms with Gasteiger partial charge in [0.1, 0.15) is 0 Å². The predicted molar refractivity (Wildman–Crippen MR) is 356 cm³/mol. The van der Waals surface area contributed by atoms with Gasteiger partial charge in [-0.2, -0.15) is 0 Å². The summed E-state index contributed by atoms with van der Waals surface area (Å²) in [5.74, 6) is 0. The van der Waals surface area contributed by atoms with Crippen LogP contribution in [0.5, 0.6) is 0 Å². The molecule has 0 amide bonds. The zero-order chi connectivity index (χ0) is 56.0. The molecular weight excluding hydrogens is 1020 g/mol. The standard InChI is InChI=1S/C80H58N4/c1-5-19-59(20-6-1)61-35-43-69(44-36-61)81(67-27-9-3-10-28-67)71-51-55-75(56-52-71)83(79-33-17-25-65-23-13-15-31-77(65)79)73-47-39-63(40-48-73)64-41-49-74(50-42-64)84(80-34-18-26-66-24-14-16-32-78(66)80)76-57-53-72(54-58-76)82(68-29-11-4-12-30-68)70-45-37-62(38-46-70)60-21-7-2-8-22-60/h1-58H. The van der Waals surface area contributed by atoms with Crippen LogP contribution in [0.4, 0.5) is 68.2 Å². The second-order valence-electron chi connectivity index (χ2n) is 21.0. The van der Waals surface area contributed by atoms with Crippen molar-refractivity contribution in [3.63, 3.8) is 0 Å². The van der Waals surface area contributed by atoms with Crippen LogP contribution in [0, 0.1) is 0 Å². The van der Waals surface area contributed by atoms with E-state index in [9.17, 15) is 0 Å². The molecule has 0 N–H and O–H groups in total. The molecule has 0 fully saturated rings. The Morgan fingerprint density at radius 3 is 0.631 bits per heavy atom. The largest absolute Gasteiger partial charge is 0.311 e. The molecule has 0 radical (unpaired) electrons. The van der Waals surface area contributed by atoms with Crippen LogP contribution >= 0.6 is 0 Å². The van der Waals surface area contributed by atoms with Crippen LogP contribution in [-0.2, 0) is 0 Å². The Kier molecular flexibility index (Phi) is 14.0. The van der Waals surface area contributed by atoms with Gasteiger partial charge in [0.25, 0.3) is 0 Å². The van der Waals surface area contributed by atoms with E-state index in [0.29, 0.717) is 0 Å². The molecule has 0 heterocycles. The van der Waals surface area contributed by atoms with Crippen molar-refractivity contribution in [2.45, 2.75) is 0 Å². The smallest absolute Gasteiger partial charge is 0.0540 e. The van der Waals surface area contributed by atoms with E-state index in [0.717, 1.165) is 79.4 Å². The van der Waals surface area contributed by atoms with Gasteiger partial charge < -0.3 is 19.6 Å². The minimum absolute atomic E-state index is 1.06. The number of para-hydroxylation sites is 2. The maximum Gasteiger partial charge on any atom is 0.0540 e. The molecule has 0 bridgehead atoms. The third-order valence-electron chi connectivity index (χ3n) is 15.8. The van der Waals surface area contributed by atoms with Crippen LogP contribution in [0.15, 0.2) is 352 Å². The van der Waals surface area contributed by atoms with Crippen LogP contribution in [0.2, 0.25) is 0 Å². The molecule has 0 aromatic heterocycles. The lowest BCUT2D eigenvalue weighted by Crippen LogP contribution is -2.12. The number of fused-ring (bicyclic) bond motifs is 2. The number of rotatable bonds is 15. The number of hydrogen-bond donors (Lipinski definition) is 0. The van der Waals surface area contributed by atoms with Crippen molar-refractivity contribution in [3.8, 4) is 33.4 Å². The third kappa shape index (κ3) is 10.3. The first-order valence-electron chi connectivity index (χ1n) is 28.6. The van der Waals surface area contributed by atoms with Crippen molar-refractivity contribution < 1.29 is 0 Å². The van der Waals surface area contributed by atoms with E-state index in [1.807, 2.05) is 0 Å². The Hall–Kier alpha value is -11.2. The summed E-state index contributed by atoms with van der Waals surface area (Å²) in [5.41, 5.74) is 20.0. The van der Waals surface area contributed by atoms with E-state index >= 15 is 0 Å². The van der Waals surface area contributed by atoms with Crippen LogP contribution in [0.1, 0.15) is 0 Å². The number of nitrogens with zero attached hydrogens (tertiary/aromatic N) is 4. The molecule has 0 saturated heterocycles. The number of hydrogen-bond acceptors (Lipinski definition) is 4. The highest BCUT2D eigenvalue weighted by Gasteiger charge is 2.21. The zero-order valence-corrected chi connectivity index (χ0v) is 46.3. The maximum atomic E-state index is 2.38. The van der Waals surface area contributed by atoms with Gasteiger partial charge in [0.05, 0.1) is 11.4 Å². The third-order valence-corrected chi connectivity index (χ3v) is 15.8. The highest BCUT2D eigenvalue weighted by molar-refractivity contribution is 6.01. The summed E-state index contributed by atoms with van der Waals surface area (Å²) in [7, 11) is 0. The average Bonchev–Trinajstić information content (AvgIpc) is 2.71. The lowest BCUT2D eigenvalue weighted by Gasteiger charge is -2.29. The summed E-state index contributed by atoms with van der Waals surface area (Å²) >= 11 is 0. The Bertz CT molecular complexity index is 4170.